The normalized spacial score (nSPS) is 19.5. The first-order valence-electron chi connectivity index (χ1n) is 5.47. The number of amides is 1. The van der Waals surface area contributed by atoms with E-state index < -0.39 is 0 Å². The molecule has 0 saturated carbocycles. The SMILES string of the molecule is NC(=S)c1cc(NC2CCCNC2=O)ccn1. The van der Waals surface area contributed by atoms with E-state index in [0.29, 0.717) is 5.69 Å². The minimum atomic E-state index is -0.189. The standard InChI is InChI=1S/C11H14N4OS/c12-10(17)9-6-7(3-5-13-9)15-8-2-1-4-14-11(8)16/h3,5-6,8H,1-2,4H2,(H2,12,17)(H,13,15)(H,14,16). The predicted octanol–water partition coefficient (Wildman–Crippen LogP) is 0.406. The molecular weight excluding hydrogens is 236 g/mol. The molecule has 1 fully saturated rings. The van der Waals surface area contributed by atoms with Crippen LogP contribution in [0.1, 0.15) is 18.5 Å². The fourth-order valence-corrected chi connectivity index (χ4v) is 1.88. The molecular formula is C11H14N4OS. The Labute approximate surface area is 105 Å². The molecule has 17 heavy (non-hydrogen) atoms. The van der Waals surface area contributed by atoms with Crippen LogP contribution in [0.2, 0.25) is 0 Å². The van der Waals surface area contributed by atoms with E-state index in [-0.39, 0.29) is 16.9 Å². The maximum absolute atomic E-state index is 11.6. The summed E-state index contributed by atoms with van der Waals surface area (Å²) < 4.78 is 0. The molecule has 1 unspecified atom stereocenters. The second kappa shape index (κ2) is 5.09. The summed E-state index contributed by atoms with van der Waals surface area (Å²) in [4.78, 5) is 15.9. The summed E-state index contributed by atoms with van der Waals surface area (Å²) in [6.45, 7) is 0.755. The zero-order chi connectivity index (χ0) is 12.3. The summed E-state index contributed by atoms with van der Waals surface area (Å²) in [5.41, 5.74) is 6.87. The number of carbonyl (C=O) groups is 1. The Morgan fingerprint density at radius 1 is 1.65 bits per heavy atom. The number of nitrogens with two attached hydrogens (primary N) is 1. The van der Waals surface area contributed by atoms with E-state index in [1.54, 1.807) is 18.3 Å². The van der Waals surface area contributed by atoms with Crippen LogP contribution in [0.3, 0.4) is 0 Å². The second-order valence-corrected chi connectivity index (χ2v) is 4.36. The number of rotatable bonds is 3. The lowest BCUT2D eigenvalue weighted by molar-refractivity contribution is -0.123. The van der Waals surface area contributed by atoms with Crippen LogP contribution >= 0.6 is 12.2 Å². The third-order valence-electron chi connectivity index (χ3n) is 2.64. The third kappa shape index (κ3) is 2.91. The first-order chi connectivity index (χ1) is 8.16. The van der Waals surface area contributed by atoms with Gasteiger partial charge >= 0.3 is 0 Å². The predicted molar refractivity (Wildman–Crippen MR) is 69.8 cm³/mol. The van der Waals surface area contributed by atoms with Gasteiger partial charge in [-0.05, 0) is 25.0 Å². The van der Waals surface area contributed by atoms with Crippen molar-refractivity contribution in [2.75, 3.05) is 11.9 Å². The zero-order valence-electron chi connectivity index (χ0n) is 9.27. The van der Waals surface area contributed by atoms with E-state index in [2.05, 4.69) is 15.6 Å². The Kier molecular flexibility index (Phi) is 3.53. The number of aromatic nitrogens is 1. The zero-order valence-corrected chi connectivity index (χ0v) is 10.1. The van der Waals surface area contributed by atoms with Gasteiger partial charge < -0.3 is 16.4 Å². The van der Waals surface area contributed by atoms with Crippen molar-refractivity contribution in [3.63, 3.8) is 0 Å². The molecule has 1 saturated heterocycles. The minimum Gasteiger partial charge on any atom is -0.388 e. The lowest BCUT2D eigenvalue weighted by atomic mass is 10.1. The Balaban J connectivity index is 2.09. The highest BCUT2D eigenvalue weighted by Crippen LogP contribution is 2.13. The van der Waals surface area contributed by atoms with E-state index in [1.807, 2.05) is 0 Å². The van der Waals surface area contributed by atoms with Crippen molar-refractivity contribution in [1.82, 2.24) is 10.3 Å². The van der Waals surface area contributed by atoms with Gasteiger partial charge in [0.15, 0.2) is 0 Å². The topological polar surface area (TPSA) is 80.0 Å². The van der Waals surface area contributed by atoms with Gasteiger partial charge in [-0.3, -0.25) is 9.78 Å². The fraction of sp³-hybridized carbons (Fsp3) is 0.364. The molecule has 6 heteroatoms. The van der Waals surface area contributed by atoms with Crippen LogP contribution < -0.4 is 16.4 Å². The average Bonchev–Trinajstić information content (AvgIpc) is 2.32. The highest BCUT2D eigenvalue weighted by atomic mass is 32.1. The van der Waals surface area contributed by atoms with E-state index in [1.165, 1.54) is 0 Å². The summed E-state index contributed by atoms with van der Waals surface area (Å²) in [5, 5.41) is 5.98. The van der Waals surface area contributed by atoms with Crippen LogP contribution in [0.25, 0.3) is 0 Å². The van der Waals surface area contributed by atoms with Crippen LogP contribution in [0.5, 0.6) is 0 Å². The summed E-state index contributed by atoms with van der Waals surface area (Å²) in [6.07, 6.45) is 3.44. The quantitative estimate of drug-likeness (QED) is 0.677. The van der Waals surface area contributed by atoms with Gasteiger partial charge in [-0.25, -0.2) is 0 Å². The van der Waals surface area contributed by atoms with Gasteiger partial charge in [0.05, 0.1) is 5.69 Å². The largest absolute Gasteiger partial charge is 0.388 e. The molecule has 0 spiro atoms. The van der Waals surface area contributed by atoms with Crippen molar-refractivity contribution < 1.29 is 4.79 Å². The molecule has 1 aromatic heterocycles. The van der Waals surface area contributed by atoms with Gasteiger partial charge in [0.1, 0.15) is 11.0 Å². The monoisotopic (exact) mass is 250 g/mol. The molecule has 0 aromatic carbocycles. The Hall–Kier alpha value is -1.69. The van der Waals surface area contributed by atoms with Crippen LogP contribution in [0.15, 0.2) is 18.3 Å². The number of carbonyl (C=O) groups excluding carboxylic acids is 1. The lowest BCUT2D eigenvalue weighted by Gasteiger charge is -2.23. The van der Waals surface area contributed by atoms with Gasteiger partial charge in [0.2, 0.25) is 5.91 Å². The molecule has 1 aromatic rings. The van der Waals surface area contributed by atoms with Crippen molar-refractivity contribution in [3.05, 3.63) is 24.0 Å². The van der Waals surface area contributed by atoms with E-state index >= 15 is 0 Å². The molecule has 1 aliphatic heterocycles. The molecule has 0 aliphatic carbocycles. The lowest BCUT2D eigenvalue weighted by Crippen LogP contribution is -2.44. The summed E-state index contributed by atoms with van der Waals surface area (Å²) in [6, 6.07) is 3.36. The highest BCUT2D eigenvalue weighted by molar-refractivity contribution is 7.80. The van der Waals surface area contributed by atoms with Crippen molar-refractivity contribution in [3.8, 4) is 0 Å². The van der Waals surface area contributed by atoms with Gasteiger partial charge in [0.25, 0.3) is 0 Å². The summed E-state index contributed by atoms with van der Waals surface area (Å²) >= 11 is 4.86. The number of anilines is 1. The number of nitrogens with zero attached hydrogens (tertiary/aromatic N) is 1. The third-order valence-corrected chi connectivity index (χ3v) is 2.85. The van der Waals surface area contributed by atoms with Gasteiger partial charge in [0, 0.05) is 18.4 Å². The Bertz CT molecular complexity index is 449. The van der Waals surface area contributed by atoms with Gasteiger partial charge in [-0.15, -0.1) is 0 Å². The maximum atomic E-state index is 11.6. The Morgan fingerprint density at radius 3 is 3.18 bits per heavy atom. The summed E-state index contributed by atoms with van der Waals surface area (Å²) in [5.74, 6) is 0.0323. The molecule has 90 valence electrons. The van der Waals surface area contributed by atoms with Crippen molar-refractivity contribution in [1.29, 1.82) is 0 Å². The van der Waals surface area contributed by atoms with E-state index in [9.17, 15) is 4.79 Å². The van der Waals surface area contributed by atoms with Gasteiger partial charge in [-0.1, -0.05) is 12.2 Å². The number of piperidine rings is 1. The number of nitrogens with one attached hydrogen (secondary N) is 2. The average molecular weight is 250 g/mol. The second-order valence-electron chi connectivity index (χ2n) is 3.92. The smallest absolute Gasteiger partial charge is 0.242 e. The molecule has 2 rings (SSSR count). The fourth-order valence-electron chi connectivity index (χ4n) is 1.77. The van der Waals surface area contributed by atoms with E-state index in [0.717, 1.165) is 25.1 Å². The number of pyridine rings is 1. The Morgan fingerprint density at radius 2 is 2.47 bits per heavy atom. The van der Waals surface area contributed by atoms with Crippen molar-refractivity contribution in [2.24, 2.45) is 5.73 Å². The van der Waals surface area contributed by atoms with E-state index in [4.69, 9.17) is 18.0 Å². The number of hydrogen-bond acceptors (Lipinski definition) is 4. The molecule has 1 aliphatic rings. The summed E-state index contributed by atoms with van der Waals surface area (Å²) in [7, 11) is 0. The first-order valence-corrected chi connectivity index (χ1v) is 5.88. The molecule has 4 N–H and O–H groups in total. The van der Waals surface area contributed by atoms with Gasteiger partial charge in [-0.2, -0.15) is 0 Å². The van der Waals surface area contributed by atoms with Crippen LogP contribution in [0, 0.1) is 0 Å². The first kappa shape index (κ1) is 11.8. The van der Waals surface area contributed by atoms with Crippen molar-refractivity contribution >= 4 is 28.8 Å². The molecule has 1 atom stereocenters. The highest BCUT2D eigenvalue weighted by Gasteiger charge is 2.21. The molecule has 0 bridgehead atoms. The molecule has 1 amide bonds. The van der Waals surface area contributed by atoms with Crippen LogP contribution in [-0.4, -0.2) is 28.5 Å². The number of hydrogen-bond donors (Lipinski definition) is 3. The van der Waals surface area contributed by atoms with Crippen LogP contribution in [-0.2, 0) is 4.79 Å². The maximum Gasteiger partial charge on any atom is 0.242 e. The minimum absolute atomic E-state index is 0.0323. The van der Waals surface area contributed by atoms with Crippen LogP contribution in [0.4, 0.5) is 5.69 Å². The molecule has 2 heterocycles. The van der Waals surface area contributed by atoms with Crippen molar-refractivity contribution in [2.45, 2.75) is 18.9 Å². The molecule has 5 nitrogen and oxygen atoms in total. The molecule has 0 radical (unpaired) electrons. The number of thiocarbonyl (C=S) groups is 1.